The molecule has 40 heavy (non-hydrogen) atoms. The van der Waals surface area contributed by atoms with Crippen LogP contribution in [0.3, 0.4) is 0 Å². The molecule has 0 aliphatic rings. The third kappa shape index (κ3) is 5.95. The van der Waals surface area contributed by atoms with Crippen LogP contribution < -0.4 is 4.74 Å². The molecule has 198 valence electrons. The summed E-state index contributed by atoms with van der Waals surface area (Å²) in [6.45, 7) is 0.309. The van der Waals surface area contributed by atoms with E-state index < -0.39 is 14.7 Å². The number of hydrogen-bond acceptors (Lipinski definition) is 5. The van der Waals surface area contributed by atoms with E-state index >= 15 is 0 Å². The van der Waals surface area contributed by atoms with Crippen molar-refractivity contribution in [1.29, 1.82) is 5.26 Å². The molecule has 5 aromatic rings. The van der Waals surface area contributed by atoms with Crippen LogP contribution in [0.25, 0.3) is 23.0 Å². The Balaban J connectivity index is 1.52. The first-order valence-corrected chi connectivity index (χ1v) is 14.3. The van der Waals surface area contributed by atoms with Gasteiger partial charge in [0.05, 0.1) is 10.6 Å². The maximum atomic E-state index is 13.3. The molecule has 0 spiro atoms. The van der Waals surface area contributed by atoms with E-state index in [1.54, 1.807) is 23.0 Å². The van der Waals surface area contributed by atoms with Crippen LogP contribution >= 0.6 is 23.2 Å². The quantitative estimate of drug-likeness (QED) is 0.174. The van der Waals surface area contributed by atoms with E-state index in [0.29, 0.717) is 39.2 Å². The molecule has 0 fully saturated rings. The zero-order valence-electron chi connectivity index (χ0n) is 20.9. The summed E-state index contributed by atoms with van der Waals surface area (Å²) in [6.07, 6.45) is 3.04. The standard InChI is InChI=1S/C31H21Cl2N3O3S/c32-25-12-16-28(17-13-25)40(37,38)29(19-34)18-24-20-36(26-7-2-1-3-8-26)35-31(24)22-10-14-27(15-11-22)39-21-23-6-4-5-9-30(23)33/h1-18,20H,21H2. The van der Waals surface area contributed by atoms with Crippen molar-refractivity contribution in [3.63, 3.8) is 0 Å². The predicted molar refractivity (Wildman–Crippen MR) is 157 cm³/mol. The predicted octanol–water partition coefficient (Wildman–Crippen LogP) is 7.76. The fourth-order valence-corrected chi connectivity index (χ4v) is 5.43. The van der Waals surface area contributed by atoms with E-state index in [1.165, 1.54) is 30.3 Å². The summed E-state index contributed by atoms with van der Waals surface area (Å²) in [4.78, 5) is -0.440. The topological polar surface area (TPSA) is 85.0 Å². The van der Waals surface area contributed by atoms with E-state index in [1.807, 2.05) is 72.8 Å². The summed E-state index contributed by atoms with van der Waals surface area (Å²) in [5.41, 5.74) is 3.32. The lowest BCUT2D eigenvalue weighted by atomic mass is 10.1. The van der Waals surface area contributed by atoms with Crippen molar-refractivity contribution in [1.82, 2.24) is 9.78 Å². The first kappa shape index (κ1) is 27.2. The molecule has 0 aliphatic carbocycles. The van der Waals surface area contributed by atoms with E-state index in [9.17, 15) is 13.7 Å². The number of nitrogens with zero attached hydrogens (tertiary/aromatic N) is 3. The molecule has 0 bridgehead atoms. The first-order chi connectivity index (χ1) is 19.3. The van der Waals surface area contributed by atoms with Gasteiger partial charge in [0, 0.05) is 32.9 Å². The van der Waals surface area contributed by atoms with E-state index in [-0.39, 0.29) is 4.90 Å². The van der Waals surface area contributed by atoms with Gasteiger partial charge in [-0.1, -0.05) is 59.6 Å². The lowest BCUT2D eigenvalue weighted by molar-refractivity contribution is 0.306. The summed E-state index contributed by atoms with van der Waals surface area (Å²) in [5.74, 6) is 0.631. The highest BCUT2D eigenvalue weighted by Crippen LogP contribution is 2.30. The van der Waals surface area contributed by atoms with E-state index in [4.69, 9.17) is 33.0 Å². The first-order valence-electron chi connectivity index (χ1n) is 12.1. The van der Waals surface area contributed by atoms with Crippen molar-refractivity contribution in [3.8, 4) is 28.8 Å². The highest BCUT2D eigenvalue weighted by atomic mass is 35.5. The van der Waals surface area contributed by atoms with Crippen molar-refractivity contribution < 1.29 is 13.2 Å². The van der Waals surface area contributed by atoms with Gasteiger partial charge in [-0.25, -0.2) is 13.1 Å². The molecule has 0 N–H and O–H groups in total. The summed E-state index contributed by atoms with van der Waals surface area (Å²) in [5, 5.41) is 15.6. The van der Waals surface area contributed by atoms with Crippen molar-refractivity contribution >= 4 is 39.1 Å². The van der Waals surface area contributed by atoms with Crippen LogP contribution in [0.4, 0.5) is 0 Å². The van der Waals surface area contributed by atoms with E-state index in [0.717, 1.165) is 11.3 Å². The molecule has 6 nitrogen and oxygen atoms in total. The Morgan fingerprint density at radius 3 is 2.25 bits per heavy atom. The van der Waals surface area contributed by atoms with Gasteiger partial charge in [0.25, 0.3) is 0 Å². The molecule has 9 heteroatoms. The smallest absolute Gasteiger partial charge is 0.216 e. The zero-order chi connectivity index (χ0) is 28.1. The Hall–Kier alpha value is -4.35. The van der Waals surface area contributed by atoms with Crippen LogP contribution in [0.5, 0.6) is 5.75 Å². The van der Waals surface area contributed by atoms with Crippen LogP contribution in [-0.2, 0) is 16.4 Å². The van der Waals surface area contributed by atoms with Crippen molar-refractivity contribution in [3.05, 3.63) is 135 Å². The van der Waals surface area contributed by atoms with Gasteiger partial charge in [-0.05, 0) is 72.8 Å². The van der Waals surface area contributed by atoms with Gasteiger partial charge in [0.2, 0.25) is 9.84 Å². The third-order valence-electron chi connectivity index (χ3n) is 6.05. The van der Waals surface area contributed by atoms with E-state index in [2.05, 4.69) is 0 Å². The number of nitriles is 1. The van der Waals surface area contributed by atoms with Gasteiger partial charge in [0.1, 0.15) is 29.0 Å². The number of para-hydroxylation sites is 1. The van der Waals surface area contributed by atoms with Crippen LogP contribution in [0.1, 0.15) is 11.1 Å². The van der Waals surface area contributed by atoms with Crippen LogP contribution in [0, 0.1) is 11.3 Å². The second-order valence-corrected chi connectivity index (χ2v) is 11.5. The maximum absolute atomic E-state index is 13.3. The SMILES string of the molecule is N#CC(=Cc1cn(-c2ccccc2)nc1-c1ccc(OCc2ccccc2Cl)cc1)S(=O)(=O)c1ccc(Cl)cc1. The molecule has 0 aliphatic heterocycles. The molecule has 1 aromatic heterocycles. The Labute approximate surface area is 242 Å². The zero-order valence-corrected chi connectivity index (χ0v) is 23.2. The highest BCUT2D eigenvalue weighted by Gasteiger charge is 2.22. The molecular weight excluding hydrogens is 565 g/mol. The number of allylic oxidation sites excluding steroid dienone is 1. The fourth-order valence-electron chi connectivity index (χ4n) is 3.97. The van der Waals surface area contributed by atoms with Crippen LogP contribution in [0.15, 0.2) is 119 Å². The summed E-state index contributed by atoms with van der Waals surface area (Å²) in [7, 11) is -4.09. The number of sulfone groups is 1. The average Bonchev–Trinajstić information content (AvgIpc) is 3.40. The van der Waals surface area contributed by atoms with Crippen molar-refractivity contribution in [2.75, 3.05) is 0 Å². The number of hydrogen-bond donors (Lipinski definition) is 0. The van der Waals surface area contributed by atoms with Gasteiger partial charge in [-0.2, -0.15) is 10.4 Å². The highest BCUT2D eigenvalue weighted by molar-refractivity contribution is 7.95. The minimum absolute atomic E-state index is 0.0262. The molecule has 0 saturated carbocycles. The third-order valence-corrected chi connectivity index (χ3v) is 8.36. The lowest BCUT2D eigenvalue weighted by Crippen LogP contribution is -2.03. The van der Waals surface area contributed by atoms with Crippen LogP contribution in [-0.4, -0.2) is 18.2 Å². The Morgan fingerprint density at radius 1 is 0.900 bits per heavy atom. The van der Waals surface area contributed by atoms with Gasteiger partial charge < -0.3 is 4.74 Å². The molecule has 5 rings (SSSR count). The molecule has 0 radical (unpaired) electrons. The molecule has 0 atom stereocenters. The van der Waals surface area contributed by atoms with Gasteiger partial charge in [0.15, 0.2) is 0 Å². The molecule has 0 amide bonds. The average molecular weight is 587 g/mol. The van der Waals surface area contributed by atoms with Gasteiger partial charge in [-0.15, -0.1) is 0 Å². The number of halogens is 2. The number of ether oxygens (including phenoxy) is 1. The summed E-state index contributed by atoms with van der Waals surface area (Å²) < 4.78 is 34.1. The maximum Gasteiger partial charge on any atom is 0.216 e. The number of aromatic nitrogens is 2. The number of benzene rings is 4. The Morgan fingerprint density at radius 2 is 1.57 bits per heavy atom. The largest absolute Gasteiger partial charge is 0.489 e. The second kappa shape index (κ2) is 11.8. The molecule has 1 heterocycles. The summed E-state index contributed by atoms with van der Waals surface area (Å²) in [6, 6.07) is 31.7. The number of rotatable bonds is 8. The summed E-state index contributed by atoms with van der Waals surface area (Å²) >= 11 is 12.2. The Bertz CT molecular complexity index is 1830. The van der Waals surface area contributed by atoms with Crippen molar-refractivity contribution in [2.45, 2.75) is 11.5 Å². The fraction of sp³-hybridized carbons (Fsp3) is 0.0323. The van der Waals surface area contributed by atoms with Crippen LogP contribution in [0.2, 0.25) is 10.0 Å². The monoisotopic (exact) mass is 585 g/mol. The van der Waals surface area contributed by atoms with Gasteiger partial charge in [-0.3, -0.25) is 0 Å². The van der Waals surface area contributed by atoms with Crippen molar-refractivity contribution in [2.24, 2.45) is 0 Å². The Kier molecular flexibility index (Phi) is 8.04. The van der Waals surface area contributed by atoms with Gasteiger partial charge >= 0.3 is 0 Å². The second-order valence-electron chi connectivity index (χ2n) is 8.70. The molecular formula is C31H21Cl2N3O3S. The minimum atomic E-state index is -4.09. The molecule has 4 aromatic carbocycles. The molecule has 0 unspecified atom stereocenters. The normalized spacial score (nSPS) is 11.7. The lowest BCUT2D eigenvalue weighted by Gasteiger charge is -2.08. The molecule has 0 saturated heterocycles. The minimum Gasteiger partial charge on any atom is -0.489 e.